The van der Waals surface area contributed by atoms with Crippen LogP contribution in [-0.2, 0) is 12.4 Å². The van der Waals surface area contributed by atoms with E-state index in [2.05, 4.69) is 10.3 Å². The number of phenolic OH excluding ortho intramolecular Hbond substituents is 1. The Labute approximate surface area is 157 Å². The largest absolute Gasteiger partial charge is 0.508 e. The van der Waals surface area contributed by atoms with E-state index in [1.807, 2.05) is 0 Å². The summed E-state index contributed by atoms with van der Waals surface area (Å²) in [6.07, 6.45) is -9.41. The molecule has 0 bridgehead atoms. The van der Waals surface area contributed by atoms with Crippen molar-refractivity contribution in [3.05, 3.63) is 52.6 Å². The predicted octanol–water partition coefficient (Wildman–Crippen LogP) is 5.60. The molecular formula is C17H10F6N2O2S. The number of fused-ring (bicyclic) bond motifs is 1. The van der Waals surface area contributed by atoms with Crippen LogP contribution in [0.5, 0.6) is 5.75 Å². The van der Waals surface area contributed by atoms with Gasteiger partial charge in [-0.05, 0) is 42.8 Å². The van der Waals surface area contributed by atoms with Gasteiger partial charge in [0, 0.05) is 0 Å². The Hall–Kier alpha value is -2.82. The van der Waals surface area contributed by atoms with Crippen LogP contribution in [0.15, 0.2) is 30.3 Å². The molecule has 1 amide bonds. The Morgan fingerprint density at radius 3 is 2.36 bits per heavy atom. The van der Waals surface area contributed by atoms with Gasteiger partial charge in [-0.15, -0.1) is 0 Å². The molecule has 0 fully saturated rings. The zero-order valence-electron chi connectivity index (χ0n) is 13.9. The van der Waals surface area contributed by atoms with Crippen molar-refractivity contribution in [3.8, 4) is 5.75 Å². The third-order valence-corrected chi connectivity index (χ3v) is 4.76. The summed E-state index contributed by atoms with van der Waals surface area (Å²) in [5.74, 6) is -1.70. The summed E-state index contributed by atoms with van der Waals surface area (Å²) in [4.78, 5) is 16.2. The van der Waals surface area contributed by atoms with E-state index in [1.165, 1.54) is 6.92 Å². The molecule has 1 heterocycles. The summed E-state index contributed by atoms with van der Waals surface area (Å²) < 4.78 is 78.0. The van der Waals surface area contributed by atoms with Crippen molar-refractivity contribution >= 4 is 32.6 Å². The lowest BCUT2D eigenvalue weighted by Crippen LogP contribution is -2.19. The molecule has 148 valence electrons. The first kappa shape index (κ1) is 19.9. The number of anilines is 1. The number of aromatic nitrogens is 1. The molecule has 2 aromatic carbocycles. The average molecular weight is 420 g/mol. The number of nitrogens with zero attached hydrogens (tertiary/aromatic N) is 1. The van der Waals surface area contributed by atoms with Crippen molar-refractivity contribution < 1.29 is 36.2 Å². The second kappa shape index (κ2) is 6.66. The lowest BCUT2D eigenvalue weighted by atomic mass is 10.0. The van der Waals surface area contributed by atoms with Gasteiger partial charge in [0.15, 0.2) is 5.13 Å². The molecule has 1 aromatic heterocycles. The highest BCUT2D eigenvalue weighted by molar-refractivity contribution is 7.22. The average Bonchev–Trinajstić information content (AvgIpc) is 2.96. The van der Waals surface area contributed by atoms with Crippen molar-refractivity contribution in [1.82, 2.24) is 4.98 Å². The Morgan fingerprint density at radius 1 is 1.07 bits per heavy atom. The van der Waals surface area contributed by atoms with E-state index in [0.29, 0.717) is 23.5 Å². The first-order valence-electron chi connectivity index (χ1n) is 7.56. The molecule has 0 aliphatic rings. The molecule has 11 heteroatoms. The number of rotatable bonds is 2. The normalized spacial score (nSPS) is 12.4. The highest BCUT2D eigenvalue weighted by Crippen LogP contribution is 2.37. The monoisotopic (exact) mass is 420 g/mol. The minimum atomic E-state index is -4.85. The van der Waals surface area contributed by atoms with E-state index in [1.54, 1.807) is 0 Å². The van der Waals surface area contributed by atoms with Crippen LogP contribution < -0.4 is 5.32 Å². The fourth-order valence-electron chi connectivity index (χ4n) is 2.44. The van der Waals surface area contributed by atoms with Crippen LogP contribution in [0.25, 0.3) is 10.2 Å². The fourth-order valence-corrected chi connectivity index (χ4v) is 3.34. The molecule has 0 aliphatic carbocycles. The Bertz CT molecular complexity index is 1070. The molecular weight excluding hydrogens is 410 g/mol. The molecule has 0 unspecified atom stereocenters. The molecule has 0 atom stereocenters. The van der Waals surface area contributed by atoms with Crippen molar-refractivity contribution in [1.29, 1.82) is 0 Å². The predicted molar refractivity (Wildman–Crippen MR) is 90.4 cm³/mol. The van der Waals surface area contributed by atoms with Gasteiger partial charge < -0.3 is 5.11 Å². The molecule has 0 spiro atoms. The second-order valence-electron chi connectivity index (χ2n) is 5.84. The van der Waals surface area contributed by atoms with Crippen molar-refractivity contribution in [2.75, 3.05) is 5.32 Å². The number of thiazole rings is 1. The van der Waals surface area contributed by atoms with E-state index in [4.69, 9.17) is 0 Å². The minimum absolute atomic E-state index is 0.0662. The van der Waals surface area contributed by atoms with Crippen LogP contribution >= 0.6 is 11.3 Å². The standard InChI is InChI=1S/C17H10F6N2O2S/c1-7-4-10(17(21,22)23)9(6-12(7)26)14(27)25-15-24-11-3-2-8(16(18,19)20)5-13(11)28-15/h2-6,26H,1H3,(H,24,25,27). The summed E-state index contributed by atoms with van der Waals surface area (Å²) in [5.41, 5.74) is -2.91. The molecule has 2 N–H and O–H groups in total. The zero-order valence-corrected chi connectivity index (χ0v) is 14.7. The summed E-state index contributed by atoms with van der Waals surface area (Å²) in [6.45, 7) is 1.25. The highest BCUT2D eigenvalue weighted by atomic mass is 32.1. The first-order valence-corrected chi connectivity index (χ1v) is 8.38. The van der Waals surface area contributed by atoms with Crippen molar-refractivity contribution in [2.45, 2.75) is 19.3 Å². The second-order valence-corrected chi connectivity index (χ2v) is 6.87. The lowest BCUT2D eigenvalue weighted by Gasteiger charge is -2.14. The van der Waals surface area contributed by atoms with Crippen LogP contribution in [0.3, 0.4) is 0 Å². The zero-order chi connectivity index (χ0) is 20.9. The fraction of sp³-hybridized carbons (Fsp3) is 0.176. The Kier molecular flexibility index (Phi) is 4.74. The highest BCUT2D eigenvalue weighted by Gasteiger charge is 2.36. The lowest BCUT2D eigenvalue weighted by molar-refractivity contribution is -0.138. The van der Waals surface area contributed by atoms with E-state index in [0.717, 1.165) is 18.2 Å². The number of amides is 1. The number of benzene rings is 2. The van der Waals surface area contributed by atoms with Gasteiger partial charge in [-0.2, -0.15) is 26.3 Å². The van der Waals surface area contributed by atoms with E-state index >= 15 is 0 Å². The molecule has 0 saturated heterocycles. The molecule has 3 aromatic rings. The number of hydrogen-bond acceptors (Lipinski definition) is 4. The van der Waals surface area contributed by atoms with Crippen LogP contribution in [0, 0.1) is 6.92 Å². The third-order valence-electron chi connectivity index (χ3n) is 3.82. The van der Waals surface area contributed by atoms with Crippen LogP contribution in [0.2, 0.25) is 0 Å². The number of carbonyl (C=O) groups is 1. The van der Waals surface area contributed by atoms with Crippen molar-refractivity contribution in [2.24, 2.45) is 0 Å². The maximum atomic E-state index is 13.2. The molecule has 0 saturated carbocycles. The maximum Gasteiger partial charge on any atom is 0.417 e. The third kappa shape index (κ3) is 3.88. The first-order chi connectivity index (χ1) is 12.9. The molecule has 0 aliphatic heterocycles. The minimum Gasteiger partial charge on any atom is -0.508 e. The van der Waals surface area contributed by atoms with Crippen molar-refractivity contribution in [3.63, 3.8) is 0 Å². The van der Waals surface area contributed by atoms with Gasteiger partial charge in [0.05, 0.1) is 26.9 Å². The molecule has 4 nitrogen and oxygen atoms in total. The van der Waals surface area contributed by atoms with E-state index < -0.39 is 40.7 Å². The van der Waals surface area contributed by atoms with E-state index in [9.17, 15) is 36.2 Å². The Morgan fingerprint density at radius 2 is 1.75 bits per heavy atom. The number of aromatic hydroxyl groups is 1. The molecule has 0 radical (unpaired) electrons. The number of aryl methyl sites for hydroxylation is 1. The smallest absolute Gasteiger partial charge is 0.417 e. The SMILES string of the molecule is Cc1cc(C(F)(F)F)c(C(=O)Nc2nc3ccc(C(F)(F)F)cc3s2)cc1O. The molecule has 28 heavy (non-hydrogen) atoms. The van der Waals surface area contributed by atoms with Crippen LogP contribution in [0.1, 0.15) is 27.0 Å². The van der Waals surface area contributed by atoms with Gasteiger partial charge in [-0.25, -0.2) is 4.98 Å². The quantitative estimate of drug-likeness (QED) is 0.531. The topological polar surface area (TPSA) is 62.2 Å². The summed E-state index contributed by atoms with van der Waals surface area (Å²) >= 11 is 0.684. The summed E-state index contributed by atoms with van der Waals surface area (Å²) in [5, 5.41) is 11.6. The summed E-state index contributed by atoms with van der Waals surface area (Å²) in [6, 6.07) is 4.07. The van der Waals surface area contributed by atoms with Gasteiger partial charge in [-0.1, -0.05) is 11.3 Å². The number of nitrogens with one attached hydrogen (secondary N) is 1. The summed E-state index contributed by atoms with van der Waals surface area (Å²) in [7, 11) is 0. The van der Waals surface area contributed by atoms with Gasteiger partial charge in [0.2, 0.25) is 0 Å². The number of alkyl halides is 6. The van der Waals surface area contributed by atoms with Gasteiger partial charge in [0.25, 0.3) is 5.91 Å². The number of halogens is 6. The number of hydrogen-bond donors (Lipinski definition) is 2. The van der Waals surface area contributed by atoms with Gasteiger partial charge in [0.1, 0.15) is 5.75 Å². The number of carbonyl (C=O) groups excluding carboxylic acids is 1. The van der Waals surface area contributed by atoms with Gasteiger partial charge >= 0.3 is 12.4 Å². The van der Waals surface area contributed by atoms with Crippen LogP contribution in [-0.4, -0.2) is 16.0 Å². The number of phenols is 1. The van der Waals surface area contributed by atoms with E-state index in [-0.39, 0.29) is 20.9 Å². The molecule has 3 rings (SSSR count). The Balaban J connectivity index is 1.96. The maximum absolute atomic E-state index is 13.2. The van der Waals surface area contributed by atoms with Gasteiger partial charge in [-0.3, -0.25) is 10.1 Å². The van der Waals surface area contributed by atoms with Crippen LogP contribution in [0.4, 0.5) is 31.5 Å².